The highest BCUT2D eigenvalue weighted by molar-refractivity contribution is 6.09. The molecule has 6 heteroatoms. The van der Waals surface area contributed by atoms with Gasteiger partial charge in [0.05, 0.1) is 11.3 Å². The lowest BCUT2D eigenvalue weighted by molar-refractivity contribution is 0.0699. The molecule has 3 rings (SSSR count). The summed E-state index contributed by atoms with van der Waals surface area (Å²) in [7, 11) is 1.92. The number of likely N-dealkylation sites (N-methyl/N-ethyl adjacent to an activating group) is 1. The van der Waals surface area contributed by atoms with E-state index in [9.17, 15) is 9.59 Å². The first-order chi connectivity index (χ1) is 12.6. The molecule has 0 bridgehead atoms. The lowest BCUT2D eigenvalue weighted by atomic mass is 10.0. The normalized spacial score (nSPS) is 17.0. The predicted molar refractivity (Wildman–Crippen MR) is 101 cm³/mol. The molecule has 1 aromatic carbocycles. The third-order valence-electron chi connectivity index (χ3n) is 4.80. The van der Waals surface area contributed by atoms with Crippen molar-refractivity contribution >= 4 is 17.5 Å². The van der Waals surface area contributed by atoms with Crippen molar-refractivity contribution in [3.63, 3.8) is 0 Å². The molecular weight excluding hydrogens is 328 g/mol. The van der Waals surface area contributed by atoms with Crippen molar-refractivity contribution in [2.24, 2.45) is 0 Å². The molecule has 1 aliphatic rings. The first-order valence-corrected chi connectivity index (χ1v) is 8.87. The molecule has 1 aliphatic heterocycles. The summed E-state index contributed by atoms with van der Waals surface area (Å²) in [5.41, 5.74) is 2.48. The zero-order chi connectivity index (χ0) is 18.5. The minimum absolute atomic E-state index is 0.0429. The van der Waals surface area contributed by atoms with Crippen LogP contribution in [-0.4, -0.2) is 47.9 Å². The van der Waals surface area contributed by atoms with Gasteiger partial charge in [-0.25, -0.2) is 0 Å². The number of likely N-dealkylation sites (tertiary alicyclic amines) is 1. The molecule has 136 valence electrons. The maximum absolute atomic E-state index is 13.1. The van der Waals surface area contributed by atoms with E-state index in [0.29, 0.717) is 29.4 Å². The van der Waals surface area contributed by atoms with E-state index in [4.69, 9.17) is 0 Å². The van der Waals surface area contributed by atoms with Crippen molar-refractivity contribution in [1.82, 2.24) is 15.2 Å². The monoisotopic (exact) mass is 352 g/mol. The summed E-state index contributed by atoms with van der Waals surface area (Å²) in [4.78, 5) is 31.4. The van der Waals surface area contributed by atoms with Crippen LogP contribution in [0.15, 0.2) is 42.7 Å². The van der Waals surface area contributed by atoms with Gasteiger partial charge in [-0.1, -0.05) is 12.1 Å². The lowest BCUT2D eigenvalue weighted by Crippen LogP contribution is -2.47. The quantitative estimate of drug-likeness (QED) is 0.886. The SMILES string of the molecule is CNC1CCCN(C(=O)c2cccc(C)c2NC(=O)c2ccncc2)C1. The molecule has 0 saturated carbocycles. The first kappa shape index (κ1) is 18.1. The number of nitrogens with one attached hydrogen (secondary N) is 2. The Balaban J connectivity index is 1.85. The van der Waals surface area contributed by atoms with Gasteiger partial charge in [0, 0.05) is 37.1 Å². The van der Waals surface area contributed by atoms with E-state index >= 15 is 0 Å². The summed E-state index contributed by atoms with van der Waals surface area (Å²) >= 11 is 0. The Morgan fingerprint density at radius 3 is 2.69 bits per heavy atom. The maximum Gasteiger partial charge on any atom is 0.256 e. The summed E-state index contributed by atoms with van der Waals surface area (Å²) < 4.78 is 0. The number of hydrogen-bond acceptors (Lipinski definition) is 4. The van der Waals surface area contributed by atoms with Crippen molar-refractivity contribution < 1.29 is 9.59 Å². The number of rotatable bonds is 4. The average molecular weight is 352 g/mol. The van der Waals surface area contributed by atoms with Crippen molar-refractivity contribution in [3.05, 3.63) is 59.4 Å². The largest absolute Gasteiger partial charge is 0.337 e. The van der Waals surface area contributed by atoms with Crippen molar-refractivity contribution in [3.8, 4) is 0 Å². The van der Waals surface area contributed by atoms with E-state index in [1.165, 1.54) is 0 Å². The first-order valence-electron chi connectivity index (χ1n) is 8.87. The van der Waals surface area contributed by atoms with Crippen LogP contribution in [-0.2, 0) is 0 Å². The molecule has 6 nitrogen and oxygen atoms in total. The number of piperidine rings is 1. The second kappa shape index (κ2) is 8.10. The van der Waals surface area contributed by atoms with Crippen LogP contribution in [0.4, 0.5) is 5.69 Å². The van der Waals surface area contributed by atoms with E-state index in [-0.39, 0.29) is 11.8 Å². The van der Waals surface area contributed by atoms with Gasteiger partial charge >= 0.3 is 0 Å². The molecule has 1 unspecified atom stereocenters. The summed E-state index contributed by atoms with van der Waals surface area (Å²) in [6.07, 6.45) is 5.19. The van der Waals surface area contributed by atoms with Gasteiger partial charge in [0.15, 0.2) is 0 Å². The van der Waals surface area contributed by atoms with Gasteiger partial charge in [-0.15, -0.1) is 0 Å². The smallest absolute Gasteiger partial charge is 0.256 e. The number of hydrogen-bond donors (Lipinski definition) is 2. The van der Waals surface area contributed by atoms with E-state index in [1.807, 2.05) is 31.0 Å². The van der Waals surface area contributed by atoms with Gasteiger partial charge < -0.3 is 15.5 Å². The number of para-hydroxylation sites is 1. The Morgan fingerprint density at radius 1 is 1.19 bits per heavy atom. The van der Waals surface area contributed by atoms with Crippen LogP contribution in [0.1, 0.15) is 39.1 Å². The number of nitrogens with zero attached hydrogens (tertiary/aromatic N) is 2. The topological polar surface area (TPSA) is 74.3 Å². The van der Waals surface area contributed by atoms with E-state index in [2.05, 4.69) is 15.6 Å². The average Bonchev–Trinajstić information content (AvgIpc) is 2.69. The fourth-order valence-electron chi connectivity index (χ4n) is 3.27. The number of aryl methyl sites for hydroxylation is 1. The molecule has 2 N–H and O–H groups in total. The van der Waals surface area contributed by atoms with E-state index < -0.39 is 0 Å². The number of pyridine rings is 1. The molecule has 26 heavy (non-hydrogen) atoms. The molecule has 0 spiro atoms. The van der Waals surface area contributed by atoms with Gasteiger partial charge in [0.25, 0.3) is 11.8 Å². The third-order valence-corrected chi connectivity index (χ3v) is 4.80. The molecular formula is C20H24N4O2. The minimum atomic E-state index is -0.248. The second-order valence-electron chi connectivity index (χ2n) is 6.57. The number of amides is 2. The zero-order valence-electron chi connectivity index (χ0n) is 15.2. The fraction of sp³-hybridized carbons (Fsp3) is 0.350. The van der Waals surface area contributed by atoms with Crippen LogP contribution >= 0.6 is 0 Å². The molecule has 2 heterocycles. The maximum atomic E-state index is 13.1. The van der Waals surface area contributed by atoms with Crippen LogP contribution in [0.3, 0.4) is 0 Å². The number of carbonyl (C=O) groups excluding carboxylic acids is 2. The molecule has 2 aromatic rings. The number of aromatic nitrogens is 1. The van der Waals surface area contributed by atoms with Gasteiger partial charge in [-0.2, -0.15) is 0 Å². The molecule has 0 radical (unpaired) electrons. The molecule has 0 aliphatic carbocycles. The Kier molecular flexibility index (Phi) is 5.63. The molecule has 1 aromatic heterocycles. The van der Waals surface area contributed by atoms with Crippen molar-refractivity contribution in [2.75, 3.05) is 25.5 Å². The number of benzene rings is 1. The number of anilines is 1. The summed E-state index contributed by atoms with van der Waals surface area (Å²) in [6.45, 7) is 3.31. The standard InChI is InChI=1S/C20H24N4O2/c1-14-5-3-7-17(20(26)24-12-4-6-16(13-24)21-2)18(14)23-19(25)15-8-10-22-11-9-15/h3,5,7-11,16,21H,4,6,12-13H2,1-2H3,(H,23,25). The minimum Gasteiger partial charge on any atom is -0.337 e. The van der Waals surface area contributed by atoms with Crippen molar-refractivity contribution in [1.29, 1.82) is 0 Å². The summed E-state index contributed by atoms with van der Waals surface area (Å²) in [6, 6.07) is 9.14. The molecule has 2 amide bonds. The Labute approximate surface area is 153 Å². The second-order valence-corrected chi connectivity index (χ2v) is 6.57. The highest BCUT2D eigenvalue weighted by Gasteiger charge is 2.26. The fourth-order valence-corrected chi connectivity index (χ4v) is 3.27. The van der Waals surface area contributed by atoms with Crippen LogP contribution in [0.25, 0.3) is 0 Å². The summed E-state index contributed by atoms with van der Waals surface area (Å²) in [5.74, 6) is -0.291. The number of carbonyl (C=O) groups is 2. The Bertz CT molecular complexity index is 792. The third kappa shape index (κ3) is 3.91. The van der Waals surface area contributed by atoms with Gasteiger partial charge in [0.2, 0.25) is 0 Å². The molecule has 1 atom stereocenters. The van der Waals surface area contributed by atoms with E-state index in [0.717, 1.165) is 24.9 Å². The van der Waals surface area contributed by atoms with Gasteiger partial charge in [0.1, 0.15) is 0 Å². The Morgan fingerprint density at radius 2 is 1.96 bits per heavy atom. The van der Waals surface area contributed by atoms with Gasteiger partial charge in [-0.3, -0.25) is 14.6 Å². The lowest BCUT2D eigenvalue weighted by Gasteiger charge is -2.33. The highest BCUT2D eigenvalue weighted by atomic mass is 16.2. The van der Waals surface area contributed by atoms with Crippen LogP contribution in [0, 0.1) is 6.92 Å². The Hall–Kier alpha value is -2.73. The predicted octanol–water partition coefficient (Wildman–Crippen LogP) is 2.47. The molecule has 1 fully saturated rings. The van der Waals surface area contributed by atoms with Gasteiger partial charge in [-0.05, 0) is 50.6 Å². The van der Waals surface area contributed by atoms with Crippen molar-refractivity contribution in [2.45, 2.75) is 25.8 Å². The zero-order valence-corrected chi connectivity index (χ0v) is 15.2. The van der Waals surface area contributed by atoms with E-state index in [1.54, 1.807) is 30.6 Å². The van der Waals surface area contributed by atoms with Crippen LogP contribution in [0.2, 0.25) is 0 Å². The van der Waals surface area contributed by atoms with Crippen LogP contribution in [0.5, 0.6) is 0 Å². The molecule has 1 saturated heterocycles. The van der Waals surface area contributed by atoms with Crippen LogP contribution < -0.4 is 10.6 Å². The highest BCUT2D eigenvalue weighted by Crippen LogP contribution is 2.24. The summed E-state index contributed by atoms with van der Waals surface area (Å²) in [5, 5.41) is 6.16.